The van der Waals surface area contributed by atoms with E-state index >= 15 is 0 Å². The zero-order valence-electron chi connectivity index (χ0n) is 7.96. The average molecular weight is 196 g/mol. The minimum atomic E-state index is -0.519. The first-order chi connectivity index (χ1) is 6.65. The molecule has 3 nitrogen and oxygen atoms in total. The fraction of sp³-hybridized carbons (Fsp3) is 0.300. The highest BCUT2D eigenvalue weighted by Gasteiger charge is 2.11. The monoisotopic (exact) mass is 196 g/mol. The Morgan fingerprint density at radius 3 is 2.79 bits per heavy atom. The van der Waals surface area contributed by atoms with Crippen molar-refractivity contribution in [3.63, 3.8) is 0 Å². The standard InChI is InChI=1S/C10H13FN2O/c1-7(6-12)13-10(14)8-4-2-3-5-9(8)11/h2-5,7H,6,12H2,1H3,(H,13,14)/t7-/m1/s1. The number of carbonyl (C=O) groups excluding carboxylic acids is 1. The summed E-state index contributed by atoms with van der Waals surface area (Å²) in [5, 5.41) is 2.58. The van der Waals surface area contributed by atoms with E-state index in [1.54, 1.807) is 19.1 Å². The van der Waals surface area contributed by atoms with Gasteiger partial charge in [0.2, 0.25) is 0 Å². The van der Waals surface area contributed by atoms with Crippen LogP contribution in [0.3, 0.4) is 0 Å². The summed E-state index contributed by atoms with van der Waals surface area (Å²) in [4.78, 5) is 11.4. The van der Waals surface area contributed by atoms with Crippen molar-refractivity contribution in [3.05, 3.63) is 35.6 Å². The molecule has 0 fully saturated rings. The number of hydrogen-bond acceptors (Lipinski definition) is 2. The fourth-order valence-electron chi connectivity index (χ4n) is 1.01. The van der Waals surface area contributed by atoms with Gasteiger partial charge in [-0.1, -0.05) is 12.1 Å². The molecule has 1 rings (SSSR count). The average Bonchev–Trinajstić information content (AvgIpc) is 2.18. The lowest BCUT2D eigenvalue weighted by molar-refractivity contribution is 0.0937. The Labute approximate surface area is 82.1 Å². The molecule has 1 amide bonds. The summed E-state index contributed by atoms with van der Waals surface area (Å²) in [6, 6.07) is 5.70. The van der Waals surface area contributed by atoms with Gasteiger partial charge >= 0.3 is 0 Å². The SMILES string of the molecule is C[C@H](CN)NC(=O)c1ccccc1F. The summed E-state index contributed by atoms with van der Waals surface area (Å²) < 4.78 is 13.1. The summed E-state index contributed by atoms with van der Waals surface area (Å²) in [6.45, 7) is 2.10. The number of nitrogens with one attached hydrogen (secondary N) is 1. The third kappa shape index (κ3) is 2.53. The normalized spacial score (nSPS) is 12.2. The van der Waals surface area contributed by atoms with E-state index in [9.17, 15) is 9.18 Å². The van der Waals surface area contributed by atoms with Crippen LogP contribution < -0.4 is 11.1 Å². The second kappa shape index (κ2) is 4.72. The number of halogens is 1. The molecule has 0 heterocycles. The Balaban J connectivity index is 2.75. The van der Waals surface area contributed by atoms with Gasteiger partial charge in [0.05, 0.1) is 5.56 Å². The number of rotatable bonds is 3. The molecule has 1 aromatic carbocycles. The van der Waals surface area contributed by atoms with Gasteiger partial charge in [0.1, 0.15) is 5.82 Å². The van der Waals surface area contributed by atoms with E-state index in [0.29, 0.717) is 6.54 Å². The Bertz CT molecular complexity index is 328. The highest BCUT2D eigenvalue weighted by Crippen LogP contribution is 2.05. The van der Waals surface area contributed by atoms with Crippen molar-refractivity contribution in [2.75, 3.05) is 6.54 Å². The zero-order valence-corrected chi connectivity index (χ0v) is 7.96. The minimum Gasteiger partial charge on any atom is -0.348 e. The number of amides is 1. The molecular formula is C10H13FN2O. The number of hydrogen-bond donors (Lipinski definition) is 2. The topological polar surface area (TPSA) is 55.1 Å². The molecule has 0 aromatic heterocycles. The molecular weight excluding hydrogens is 183 g/mol. The second-order valence-electron chi connectivity index (χ2n) is 3.09. The Morgan fingerprint density at radius 2 is 2.21 bits per heavy atom. The predicted octanol–water partition coefficient (Wildman–Crippen LogP) is 0.903. The highest BCUT2D eigenvalue weighted by atomic mass is 19.1. The number of carbonyl (C=O) groups is 1. The van der Waals surface area contributed by atoms with Crippen LogP contribution in [0.5, 0.6) is 0 Å². The lowest BCUT2D eigenvalue weighted by Crippen LogP contribution is -2.38. The van der Waals surface area contributed by atoms with E-state index in [1.165, 1.54) is 12.1 Å². The molecule has 0 spiro atoms. The molecule has 0 saturated heterocycles. The van der Waals surface area contributed by atoms with E-state index in [4.69, 9.17) is 5.73 Å². The minimum absolute atomic E-state index is 0.0489. The molecule has 1 atom stereocenters. The molecule has 14 heavy (non-hydrogen) atoms. The summed E-state index contributed by atoms with van der Waals surface area (Å²) >= 11 is 0. The van der Waals surface area contributed by atoms with E-state index in [2.05, 4.69) is 5.32 Å². The maximum absolute atomic E-state index is 13.1. The molecule has 0 aliphatic carbocycles. The molecule has 0 unspecified atom stereocenters. The molecule has 1 aromatic rings. The lowest BCUT2D eigenvalue weighted by atomic mass is 10.2. The predicted molar refractivity (Wildman–Crippen MR) is 52.4 cm³/mol. The third-order valence-electron chi connectivity index (χ3n) is 1.85. The smallest absolute Gasteiger partial charge is 0.254 e. The summed E-state index contributed by atoms with van der Waals surface area (Å²) in [6.07, 6.45) is 0. The van der Waals surface area contributed by atoms with Gasteiger partial charge in [-0.3, -0.25) is 4.79 Å². The second-order valence-corrected chi connectivity index (χ2v) is 3.09. The molecule has 4 heteroatoms. The van der Waals surface area contributed by atoms with Gasteiger partial charge in [-0.05, 0) is 19.1 Å². The molecule has 3 N–H and O–H groups in total. The van der Waals surface area contributed by atoms with Crippen molar-refractivity contribution in [2.24, 2.45) is 5.73 Å². The molecule has 0 bridgehead atoms. The van der Waals surface area contributed by atoms with E-state index in [-0.39, 0.29) is 11.6 Å². The zero-order chi connectivity index (χ0) is 10.6. The van der Waals surface area contributed by atoms with Crippen LogP contribution in [0.1, 0.15) is 17.3 Å². The molecule has 0 aliphatic rings. The largest absolute Gasteiger partial charge is 0.348 e. The van der Waals surface area contributed by atoms with Crippen molar-refractivity contribution >= 4 is 5.91 Å². The third-order valence-corrected chi connectivity index (χ3v) is 1.85. The van der Waals surface area contributed by atoms with Gasteiger partial charge in [-0.2, -0.15) is 0 Å². The van der Waals surface area contributed by atoms with Crippen molar-refractivity contribution < 1.29 is 9.18 Å². The van der Waals surface area contributed by atoms with Crippen LogP contribution in [0.25, 0.3) is 0 Å². The van der Waals surface area contributed by atoms with Crippen LogP contribution in [-0.2, 0) is 0 Å². The van der Waals surface area contributed by atoms with E-state index < -0.39 is 11.7 Å². The Kier molecular flexibility index (Phi) is 3.59. The maximum Gasteiger partial charge on any atom is 0.254 e. The first kappa shape index (κ1) is 10.7. The van der Waals surface area contributed by atoms with Crippen molar-refractivity contribution in [1.82, 2.24) is 5.32 Å². The van der Waals surface area contributed by atoms with Gasteiger partial charge in [0, 0.05) is 12.6 Å². The van der Waals surface area contributed by atoms with E-state index in [1.807, 2.05) is 0 Å². The van der Waals surface area contributed by atoms with Crippen molar-refractivity contribution in [3.8, 4) is 0 Å². The first-order valence-electron chi connectivity index (χ1n) is 4.40. The van der Waals surface area contributed by atoms with Gasteiger partial charge in [0.15, 0.2) is 0 Å². The Hall–Kier alpha value is -1.42. The fourth-order valence-corrected chi connectivity index (χ4v) is 1.01. The van der Waals surface area contributed by atoms with Crippen LogP contribution in [0.2, 0.25) is 0 Å². The van der Waals surface area contributed by atoms with Crippen LogP contribution >= 0.6 is 0 Å². The van der Waals surface area contributed by atoms with E-state index in [0.717, 1.165) is 0 Å². The summed E-state index contributed by atoms with van der Waals surface area (Å²) in [7, 11) is 0. The molecule has 0 aliphatic heterocycles. The van der Waals surface area contributed by atoms with Crippen molar-refractivity contribution in [2.45, 2.75) is 13.0 Å². The van der Waals surface area contributed by atoms with Crippen LogP contribution in [0.4, 0.5) is 4.39 Å². The van der Waals surface area contributed by atoms with Crippen LogP contribution in [-0.4, -0.2) is 18.5 Å². The quantitative estimate of drug-likeness (QED) is 0.754. The molecule has 0 radical (unpaired) electrons. The van der Waals surface area contributed by atoms with Gasteiger partial charge in [0.25, 0.3) is 5.91 Å². The number of benzene rings is 1. The highest BCUT2D eigenvalue weighted by molar-refractivity contribution is 5.94. The lowest BCUT2D eigenvalue weighted by Gasteiger charge is -2.11. The number of nitrogens with two attached hydrogens (primary N) is 1. The maximum atomic E-state index is 13.1. The Morgan fingerprint density at radius 1 is 1.57 bits per heavy atom. The van der Waals surface area contributed by atoms with Gasteiger partial charge in [-0.15, -0.1) is 0 Å². The van der Waals surface area contributed by atoms with Crippen LogP contribution in [0.15, 0.2) is 24.3 Å². The van der Waals surface area contributed by atoms with Gasteiger partial charge in [-0.25, -0.2) is 4.39 Å². The molecule has 0 saturated carbocycles. The van der Waals surface area contributed by atoms with Crippen LogP contribution in [0, 0.1) is 5.82 Å². The first-order valence-corrected chi connectivity index (χ1v) is 4.40. The van der Waals surface area contributed by atoms with Crippen molar-refractivity contribution in [1.29, 1.82) is 0 Å². The van der Waals surface area contributed by atoms with Gasteiger partial charge < -0.3 is 11.1 Å². The summed E-state index contributed by atoms with van der Waals surface area (Å²) in [5.41, 5.74) is 5.38. The molecule has 76 valence electrons. The summed E-state index contributed by atoms with van der Waals surface area (Å²) in [5.74, 6) is -0.949.